The molecule has 1 aliphatic carbocycles. The highest BCUT2D eigenvalue weighted by atomic mass is 19.1. The molecular weight excluding hydrogens is 268 g/mol. The van der Waals surface area contributed by atoms with Crippen molar-refractivity contribution in [3.05, 3.63) is 70.8 Å². The summed E-state index contributed by atoms with van der Waals surface area (Å²) in [5.74, 6) is -0.963. The number of nitrogens with one attached hydrogen (secondary N) is 1. The van der Waals surface area contributed by atoms with Gasteiger partial charge < -0.3 is 5.32 Å². The Labute approximate surface area is 124 Å². The van der Waals surface area contributed by atoms with Crippen molar-refractivity contribution in [2.75, 3.05) is 7.05 Å². The maximum Gasteiger partial charge on any atom is 0.130 e. The molecule has 0 aliphatic heterocycles. The minimum atomic E-state index is -0.490. The van der Waals surface area contributed by atoms with Gasteiger partial charge in [0.15, 0.2) is 0 Å². The van der Waals surface area contributed by atoms with Crippen LogP contribution in [-0.2, 0) is 5.41 Å². The summed E-state index contributed by atoms with van der Waals surface area (Å²) in [6.07, 6.45) is 2.02. The lowest BCUT2D eigenvalue weighted by Gasteiger charge is -2.28. The molecule has 110 valence electrons. The molecule has 0 heterocycles. The molecule has 1 unspecified atom stereocenters. The molecule has 1 N–H and O–H groups in total. The summed E-state index contributed by atoms with van der Waals surface area (Å²) in [4.78, 5) is 0. The van der Waals surface area contributed by atoms with Gasteiger partial charge in [-0.25, -0.2) is 8.78 Å². The van der Waals surface area contributed by atoms with Gasteiger partial charge in [0.25, 0.3) is 0 Å². The van der Waals surface area contributed by atoms with Crippen LogP contribution in [0.5, 0.6) is 0 Å². The Balaban J connectivity index is 2.06. The molecule has 1 fully saturated rings. The molecule has 21 heavy (non-hydrogen) atoms. The first kappa shape index (κ1) is 14.2. The van der Waals surface area contributed by atoms with Gasteiger partial charge >= 0.3 is 0 Å². The summed E-state index contributed by atoms with van der Waals surface area (Å²) in [7, 11) is 1.84. The van der Waals surface area contributed by atoms with Crippen molar-refractivity contribution in [2.24, 2.45) is 0 Å². The van der Waals surface area contributed by atoms with E-state index >= 15 is 0 Å². The number of benzene rings is 2. The number of likely N-dealkylation sites (N-methyl/N-ethyl adjacent to an activating group) is 1. The van der Waals surface area contributed by atoms with E-state index < -0.39 is 11.6 Å². The molecule has 2 aromatic rings. The van der Waals surface area contributed by atoms with E-state index in [1.165, 1.54) is 5.56 Å². The number of hydrogen-bond donors (Lipinski definition) is 1. The fourth-order valence-electron chi connectivity index (χ4n) is 3.28. The lowest BCUT2D eigenvalue weighted by molar-refractivity contribution is 0.438. The van der Waals surface area contributed by atoms with Crippen molar-refractivity contribution < 1.29 is 8.78 Å². The maximum atomic E-state index is 14.3. The van der Waals surface area contributed by atoms with Crippen LogP contribution in [0.1, 0.15) is 35.6 Å². The van der Waals surface area contributed by atoms with E-state index in [4.69, 9.17) is 0 Å². The van der Waals surface area contributed by atoms with E-state index in [2.05, 4.69) is 17.4 Å². The Morgan fingerprint density at radius 3 is 2.29 bits per heavy atom. The SMILES string of the molecule is CNC(c1cc(C)c(F)cc1F)C1(c2ccccc2)CC1. The zero-order valence-electron chi connectivity index (χ0n) is 12.3. The van der Waals surface area contributed by atoms with E-state index in [-0.39, 0.29) is 11.5 Å². The van der Waals surface area contributed by atoms with Crippen LogP contribution in [-0.4, -0.2) is 7.05 Å². The lowest BCUT2D eigenvalue weighted by Crippen LogP contribution is -2.30. The Morgan fingerprint density at radius 2 is 1.71 bits per heavy atom. The van der Waals surface area contributed by atoms with Crippen LogP contribution in [0, 0.1) is 18.6 Å². The van der Waals surface area contributed by atoms with Crippen LogP contribution >= 0.6 is 0 Å². The highest BCUT2D eigenvalue weighted by Crippen LogP contribution is 2.56. The molecule has 1 aliphatic rings. The van der Waals surface area contributed by atoms with Crippen LogP contribution < -0.4 is 5.32 Å². The standard InChI is InChI=1S/C18H19F2N/c1-12-10-14(16(20)11-15(12)19)17(21-2)18(8-9-18)13-6-4-3-5-7-13/h3-7,10-11,17,21H,8-9H2,1-2H3. The number of rotatable bonds is 4. The first-order valence-electron chi connectivity index (χ1n) is 7.27. The minimum absolute atomic E-state index is 0.0822. The predicted octanol–water partition coefficient (Wildman–Crippen LogP) is 4.27. The minimum Gasteiger partial charge on any atom is -0.312 e. The maximum absolute atomic E-state index is 14.3. The molecule has 0 bridgehead atoms. The molecule has 0 amide bonds. The fraction of sp³-hybridized carbons (Fsp3) is 0.333. The van der Waals surface area contributed by atoms with Gasteiger partial charge in [-0.1, -0.05) is 30.3 Å². The van der Waals surface area contributed by atoms with Crippen molar-refractivity contribution in [2.45, 2.75) is 31.2 Å². The summed E-state index contributed by atoms with van der Waals surface area (Å²) in [6.45, 7) is 1.67. The van der Waals surface area contributed by atoms with Crippen molar-refractivity contribution >= 4 is 0 Å². The third-order valence-electron chi connectivity index (χ3n) is 4.57. The van der Waals surface area contributed by atoms with Gasteiger partial charge in [-0.2, -0.15) is 0 Å². The van der Waals surface area contributed by atoms with E-state index in [9.17, 15) is 8.78 Å². The average Bonchev–Trinajstić information content (AvgIpc) is 3.28. The number of halogens is 2. The van der Waals surface area contributed by atoms with Crippen LogP contribution in [0.4, 0.5) is 8.78 Å². The molecule has 2 aromatic carbocycles. The van der Waals surface area contributed by atoms with Gasteiger partial charge in [0.2, 0.25) is 0 Å². The first-order valence-corrected chi connectivity index (χ1v) is 7.27. The third-order valence-corrected chi connectivity index (χ3v) is 4.57. The topological polar surface area (TPSA) is 12.0 Å². The molecule has 0 saturated heterocycles. The molecule has 0 spiro atoms. The second kappa shape index (κ2) is 5.23. The van der Waals surface area contributed by atoms with Gasteiger partial charge in [0.1, 0.15) is 11.6 Å². The first-order chi connectivity index (χ1) is 10.1. The van der Waals surface area contributed by atoms with E-state index in [1.54, 1.807) is 13.0 Å². The van der Waals surface area contributed by atoms with Crippen LogP contribution in [0.2, 0.25) is 0 Å². The largest absolute Gasteiger partial charge is 0.312 e. The van der Waals surface area contributed by atoms with Gasteiger partial charge in [0, 0.05) is 23.1 Å². The van der Waals surface area contributed by atoms with Crippen LogP contribution in [0.3, 0.4) is 0 Å². The third kappa shape index (κ3) is 2.36. The van der Waals surface area contributed by atoms with Crippen molar-refractivity contribution in [3.63, 3.8) is 0 Å². The Kier molecular flexibility index (Phi) is 3.54. The normalized spacial score (nSPS) is 17.5. The molecule has 1 nitrogen and oxygen atoms in total. The molecule has 0 radical (unpaired) electrons. The van der Waals surface area contributed by atoms with Crippen molar-refractivity contribution in [1.82, 2.24) is 5.32 Å². The highest BCUT2D eigenvalue weighted by Gasteiger charge is 2.51. The smallest absolute Gasteiger partial charge is 0.130 e. The Bertz CT molecular complexity index is 648. The molecule has 1 saturated carbocycles. The lowest BCUT2D eigenvalue weighted by atomic mass is 9.83. The molecule has 1 atom stereocenters. The zero-order valence-corrected chi connectivity index (χ0v) is 12.3. The number of aryl methyl sites for hydroxylation is 1. The van der Waals surface area contributed by atoms with E-state index in [0.717, 1.165) is 18.9 Å². The Hall–Kier alpha value is -1.74. The summed E-state index contributed by atoms with van der Waals surface area (Å²) < 4.78 is 27.8. The van der Waals surface area contributed by atoms with Gasteiger partial charge in [-0.15, -0.1) is 0 Å². The van der Waals surface area contributed by atoms with Crippen molar-refractivity contribution in [3.8, 4) is 0 Å². The molecule has 3 rings (SSSR count). The average molecular weight is 287 g/mol. The summed E-state index contributed by atoms with van der Waals surface area (Å²) in [6, 6.07) is 12.7. The Morgan fingerprint density at radius 1 is 1.05 bits per heavy atom. The quantitative estimate of drug-likeness (QED) is 0.885. The molecule has 3 heteroatoms. The van der Waals surface area contributed by atoms with Crippen LogP contribution in [0.15, 0.2) is 42.5 Å². The van der Waals surface area contributed by atoms with E-state index in [0.29, 0.717) is 11.1 Å². The molecular formula is C18H19F2N. The van der Waals surface area contributed by atoms with E-state index in [1.807, 2.05) is 25.2 Å². The second-order valence-electron chi connectivity index (χ2n) is 5.87. The highest BCUT2D eigenvalue weighted by molar-refractivity contribution is 5.40. The monoisotopic (exact) mass is 287 g/mol. The van der Waals surface area contributed by atoms with Gasteiger partial charge in [-0.05, 0) is 44.0 Å². The van der Waals surface area contributed by atoms with Crippen molar-refractivity contribution in [1.29, 1.82) is 0 Å². The van der Waals surface area contributed by atoms with Gasteiger partial charge in [-0.3, -0.25) is 0 Å². The zero-order chi connectivity index (χ0) is 15.0. The molecule has 0 aromatic heterocycles. The summed E-state index contributed by atoms with van der Waals surface area (Å²) >= 11 is 0. The summed E-state index contributed by atoms with van der Waals surface area (Å²) in [5.41, 5.74) is 2.17. The number of hydrogen-bond acceptors (Lipinski definition) is 1. The second-order valence-corrected chi connectivity index (χ2v) is 5.87. The van der Waals surface area contributed by atoms with Gasteiger partial charge in [0.05, 0.1) is 0 Å². The predicted molar refractivity (Wildman–Crippen MR) is 80.2 cm³/mol. The fourth-order valence-corrected chi connectivity index (χ4v) is 3.28. The van der Waals surface area contributed by atoms with Crippen LogP contribution in [0.25, 0.3) is 0 Å². The summed E-state index contributed by atoms with van der Waals surface area (Å²) in [5, 5.41) is 3.24.